The van der Waals surface area contributed by atoms with Crippen LogP contribution in [0.25, 0.3) is 15.8 Å². The molecule has 1 fully saturated rings. The van der Waals surface area contributed by atoms with E-state index in [2.05, 4.69) is 21.7 Å². The van der Waals surface area contributed by atoms with E-state index in [-0.39, 0.29) is 23.5 Å². The lowest BCUT2D eigenvalue weighted by Gasteiger charge is -2.21. The van der Waals surface area contributed by atoms with Crippen molar-refractivity contribution in [2.75, 3.05) is 11.1 Å². The van der Waals surface area contributed by atoms with Gasteiger partial charge in [-0.25, -0.2) is 9.37 Å². The number of fused-ring (bicyclic) bond motifs is 1. The number of hydrogen-bond acceptors (Lipinski definition) is 6. The molecule has 0 atom stereocenters. The van der Waals surface area contributed by atoms with Crippen LogP contribution in [0, 0.1) is 17.1 Å². The first-order valence-corrected chi connectivity index (χ1v) is 13.4. The van der Waals surface area contributed by atoms with E-state index in [4.69, 9.17) is 0 Å². The molecule has 0 spiro atoms. The highest BCUT2D eigenvalue weighted by Crippen LogP contribution is 2.33. The number of carbonyl (C=O) groups is 1. The van der Waals surface area contributed by atoms with Crippen molar-refractivity contribution >= 4 is 50.5 Å². The number of aromatic nitrogens is 1. The first-order chi connectivity index (χ1) is 16.6. The van der Waals surface area contributed by atoms with Gasteiger partial charge in [-0.15, -0.1) is 11.3 Å². The van der Waals surface area contributed by atoms with Crippen LogP contribution in [0.2, 0.25) is 0 Å². The second-order valence-electron chi connectivity index (χ2n) is 8.33. The van der Waals surface area contributed by atoms with E-state index in [0.717, 1.165) is 35.9 Å². The van der Waals surface area contributed by atoms with E-state index in [1.165, 1.54) is 54.5 Å². The maximum absolute atomic E-state index is 13.4. The molecule has 34 heavy (non-hydrogen) atoms. The number of thioether (sulfide) groups is 1. The van der Waals surface area contributed by atoms with Gasteiger partial charge in [0.15, 0.2) is 0 Å². The summed E-state index contributed by atoms with van der Waals surface area (Å²) in [5.74, 6) is -0.208. The lowest BCUT2D eigenvalue weighted by Crippen LogP contribution is -2.36. The average molecular weight is 495 g/mol. The van der Waals surface area contributed by atoms with E-state index in [0.29, 0.717) is 21.3 Å². The number of allylic oxidation sites excluding steroid dienone is 1. The van der Waals surface area contributed by atoms with E-state index in [1.807, 2.05) is 24.3 Å². The molecule has 8 heteroatoms. The first-order valence-electron chi connectivity index (χ1n) is 11.6. The molecule has 2 N–H and O–H groups in total. The molecular formula is C26H27FN4OS2. The van der Waals surface area contributed by atoms with Gasteiger partial charge in [0, 0.05) is 11.7 Å². The predicted molar refractivity (Wildman–Crippen MR) is 139 cm³/mol. The highest BCUT2D eigenvalue weighted by atomic mass is 32.2. The van der Waals surface area contributed by atoms with Gasteiger partial charge in [0.2, 0.25) is 5.91 Å². The molecule has 2 aromatic carbocycles. The third kappa shape index (κ3) is 6.58. The fourth-order valence-corrected chi connectivity index (χ4v) is 5.88. The Bertz CT molecular complexity index is 1160. The highest BCUT2D eigenvalue weighted by molar-refractivity contribution is 8.04. The second-order valence-corrected chi connectivity index (χ2v) is 10.3. The van der Waals surface area contributed by atoms with Crippen LogP contribution in [0.5, 0.6) is 0 Å². The Morgan fingerprint density at radius 2 is 1.79 bits per heavy atom. The minimum Gasteiger partial charge on any atom is -0.353 e. The van der Waals surface area contributed by atoms with Gasteiger partial charge in [-0.3, -0.25) is 4.79 Å². The highest BCUT2D eigenvalue weighted by Gasteiger charge is 2.19. The molecular weight excluding hydrogens is 467 g/mol. The molecule has 1 aliphatic rings. The maximum atomic E-state index is 13.4. The summed E-state index contributed by atoms with van der Waals surface area (Å²) >= 11 is 2.70. The summed E-state index contributed by atoms with van der Waals surface area (Å²) < 4.78 is 14.4. The third-order valence-electron chi connectivity index (χ3n) is 5.77. The minimum absolute atomic E-state index is 0.0458. The lowest BCUT2D eigenvalue weighted by molar-refractivity contribution is -0.119. The summed E-state index contributed by atoms with van der Waals surface area (Å²) in [6.07, 6.45) is 8.05. The molecule has 0 radical (unpaired) electrons. The van der Waals surface area contributed by atoms with Crippen LogP contribution >= 0.6 is 23.1 Å². The number of rotatable bonds is 7. The van der Waals surface area contributed by atoms with Crippen molar-refractivity contribution in [2.45, 2.75) is 51.0 Å². The number of hydrogen-bond donors (Lipinski definition) is 2. The molecule has 5 nitrogen and oxygen atoms in total. The molecule has 1 saturated carbocycles. The number of carbonyl (C=O) groups excluding carboxylic acids is 1. The van der Waals surface area contributed by atoms with E-state index >= 15 is 0 Å². The quantitative estimate of drug-likeness (QED) is 0.357. The summed E-state index contributed by atoms with van der Waals surface area (Å²) in [7, 11) is 0. The van der Waals surface area contributed by atoms with Gasteiger partial charge in [-0.05, 0) is 49.2 Å². The molecule has 0 saturated heterocycles. The minimum atomic E-state index is -0.339. The number of nitrogens with zero attached hydrogens (tertiary/aromatic N) is 2. The van der Waals surface area contributed by atoms with Gasteiger partial charge in [-0.2, -0.15) is 5.26 Å². The van der Waals surface area contributed by atoms with Gasteiger partial charge in [-0.1, -0.05) is 56.0 Å². The van der Waals surface area contributed by atoms with Crippen LogP contribution in [-0.2, 0) is 4.79 Å². The number of halogens is 1. The van der Waals surface area contributed by atoms with Crippen molar-refractivity contribution in [1.29, 1.82) is 5.26 Å². The van der Waals surface area contributed by atoms with Crippen LogP contribution in [0.15, 0.2) is 53.6 Å². The summed E-state index contributed by atoms with van der Waals surface area (Å²) in [5.41, 5.74) is 1.83. The van der Waals surface area contributed by atoms with E-state index in [1.54, 1.807) is 12.1 Å². The van der Waals surface area contributed by atoms with Gasteiger partial charge in [0.05, 0.1) is 21.0 Å². The summed E-state index contributed by atoms with van der Waals surface area (Å²) in [6, 6.07) is 16.1. The van der Waals surface area contributed by atoms with Gasteiger partial charge in [0.1, 0.15) is 22.5 Å². The Kier molecular flexibility index (Phi) is 8.56. The normalized spacial score (nSPS) is 15.6. The number of anilines is 1. The fraction of sp³-hybridized carbons (Fsp3) is 0.346. The van der Waals surface area contributed by atoms with Crippen molar-refractivity contribution in [3.05, 3.63) is 64.4 Å². The SMILES string of the molecule is N#C/C(=C(/Nc1ccc(F)cc1)SCC(=O)NC1CCCCCCC1)c1nc2ccccc2s1. The van der Waals surface area contributed by atoms with Crippen molar-refractivity contribution in [3.8, 4) is 6.07 Å². The number of para-hydroxylation sites is 1. The van der Waals surface area contributed by atoms with Gasteiger partial charge in [0.25, 0.3) is 0 Å². The summed E-state index contributed by atoms with van der Waals surface area (Å²) in [4.78, 5) is 17.4. The topological polar surface area (TPSA) is 77.8 Å². The van der Waals surface area contributed by atoms with Crippen LogP contribution in [0.1, 0.15) is 50.0 Å². The van der Waals surface area contributed by atoms with Crippen LogP contribution in [0.4, 0.5) is 10.1 Å². The number of amides is 1. The number of nitrogens with one attached hydrogen (secondary N) is 2. The lowest BCUT2D eigenvalue weighted by atomic mass is 9.97. The average Bonchev–Trinajstić information content (AvgIpc) is 3.24. The molecule has 3 aromatic rings. The zero-order valence-electron chi connectivity index (χ0n) is 18.9. The fourth-order valence-electron chi connectivity index (χ4n) is 4.02. The number of thiazole rings is 1. The van der Waals surface area contributed by atoms with Crippen LogP contribution in [-0.4, -0.2) is 22.7 Å². The molecule has 1 aromatic heterocycles. The molecule has 4 rings (SSSR count). The van der Waals surface area contributed by atoms with Crippen LogP contribution in [0.3, 0.4) is 0 Å². The van der Waals surface area contributed by atoms with Crippen LogP contribution < -0.4 is 10.6 Å². The predicted octanol–water partition coefficient (Wildman–Crippen LogP) is 6.70. The molecule has 176 valence electrons. The Labute approximate surface area is 207 Å². The Morgan fingerprint density at radius 3 is 2.50 bits per heavy atom. The zero-order valence-corrected chi connectivity index (χ0v) is 20.5. The molecule has 0 aliphatic heterocycles. The van der Waals surface area contributed by atoms with E-state index in [9.17, 15) is 14.4 Å². The van der Waals surface area contributed by atoms with Crippen molar-refractivity contribution in [1.82, 2.24) is 10.3 Å². The smallest absolute Gasteiger partial charge is 0.230 e. The van der Waals surface area contributed by atoms with Gasteiger partial charge < -0.3 is 10.6 Å². The summed E-state index contributed by atoms with van der Waals surface area (Å²) in [6.45, 7) is 0. The number of nitriles is 1. The van der Waals surface area contributed by atoms with Gasteiger partial charge >= 0.3 is 0 Å². The molecule has 1 aliphatic carbocycles. The Hall–Kier alpha value is -2.89. The largest absolute Gasteiger partial charge is 0.353 e. The Morgan fingerprint density at radius 1 is 1.09 bits per heavy atom. The summed E-state index contributed by atoms with van der Waals surface area (Å²) in [5, 5.41) is 17.5. The number of benzene rings is 2. The van der Waals surface area contributed by atoms with Crippen molar-refractivity contribution in [3.63, 3.8) is 0 Å². The first kappa shape index (κ1) is 24.2. The standard InChI is InChI=1S/C26H27FN4OS2/c27-18-12-14-20(15-13-18)30-25(21(16-28)26-31-22-10-6-7-11-23(22)34-26)33-17-24(32)29-19-8-4-2-1-3-5-9-19/h6-7,10-15,19,30H,1-5,8-9,17H2,(H,29,32)/b25-21+. The molecule has 1 amide bonds. The van der Waals surface area contributed by atoms with E-state index < -0.39 is 0 Å². The monoisotopic (exact) mass is 494 g/mol. The molecule has 1 heterocycles. The molecule has 0 bridgehead atoms. The zero-order chi connectivity index (χ0) is 23.8. The molecule has 0 unspecified atom stereocenters. The Balaban J connectivity index is 1.54. The maximum Gasteiger partial charge on any atom is 0.230 e. The second kappa shape index (κ2) is 12.0. The van der Waals surface area contributed by atoms with Crippen molar-refractivity contribution < 1.29 is 9.18 Å². The van der Waals surface area contributed by atoms with Crippen molar-refractivity contribution in [2.24, 2.45) is 0 Å². The third-order valence-corrected chi connectivity index (χ3v) is 7.82.